The van der Waals surface area contributed by atoms with E-state index in [2.05, 4.69) is 68.2 Å². The van der Waals surface area contributed by atoms with Gasteiger partial charge < -0.3 is 10.2 Å². The molecule has 0 spiro atoms. The lowest BCUT2D eigenvalue weighted by atomic mass is 9.92. The monoisotopic (exact) mass is 289 g/mol. The zero-order chi connectivity index (χ0) is 15.4. The highest BCUT2D eigenvalue weighted by molar-refractivity contribution is 5.34. The van der Waals surface area contributed by atoms with Crippen molar-refractivity contribution >= 4 is 0 Å². The molecule has 1 aliphatic rings. The van der Waals surface area contributed by atoms with Gasteiger partial charge in [0.05, 0.1) is 0 Å². The van der Waals surface area contributed by atoms with E-state index >= 15 is 0 Å². The molecule has 1 heterocycles. The Kier molecular flexibility index (Phi) is 5.80. The van der Waals surface area contributed by atoms with Crippen LogP contribution in [0, 0.1) is 13.8 Å². The summed E-state index contributed by atoms with van der Waals surface area (Å²) < 4.78 is 0. The molecule has 0 saturated carbocycles. The summed E-state index contributed by atoms with van der Waals surface area (Å²) in [7, 11) is 4.50. The number of rotatable bonds is 5. The first kappa shape index (κ1) is 16.5. The van der Waals surface area contributed by atoms with Crippen LogP contribution in [0.15, 0.2) is 18.2 Å². The lowest BCUT2D eigenvalue weighted by Gasteiger charge is -2.42. The molecule has 1 saturated heterocycles. The van der Waals surface area contributed by atoms with Crippen molar-refractivity contribution in [3.05, 3.63) is 34.9 Å². The number of benzene rings is 1. The molecule has 1 aromatic carbocycles. The first-order valence-corrected chi connectivity index (χ1v) is 8.22. The SMILES string of the molecule is CCCNC(c1ccc(C)cc1C)C1CN(C)CCN1C. The quantitative estimate of drug-likeness (QED) is 0.899. The number of nitrogens with one attached hydrogen (secondary N) is 1. The smallest absolute Gasteiger partial charge is 0.0493 e. The van der Waals surface area contributed by atoms with E-state index in [0.29, 0.717) is 12.1 Å². The molecule has 2 rings (SSSR count). The predicted octanol–water partition coefficient (Wildman–Crippen LogP) is 2.59. The highest BCUT2D eigenvalue weighted by Crippen LogP contribution is 2.26. The van der Waals surface area contributed by atoms with E-state index in [4.69, 9.17) is 0 Å². The Morgan fingerprint density at radius 2 is 2.00 bits per heavy atom. The van der Waals surface area contributed by atoms with E-state index in [-0.39, 0.29) is 0 Å². The van der Waals surface area contributed by atoms with Crippen LogP contribution in [0.5, 0.6) is 0 Å². The number of hydrogen-bond donors (Lipinski definition) is 1. The molecular weight excluding hydrogens is 258 g/mol. The molecule has 0 bridgehead atoms. The number of nitrogens with zero attached hydrogens (tertiary/aromatic N) is 2. The van der Waals surface area contributed by atoms with Crippen LogP contribution in [0.1, 0.15) is 36.1 Å². The van der Waals surface area contributed by atoms with Gasteiger partial charge in [-0.2, -0.15) is 0 Å². The molecule has 1 N–H and O–H groups in total. The molecule has 0 amide bonds. The van der Waals surface area contributed by atoms with Gasteiger partial charge >= 0.3 is 0 Å². The highest BCUT2D eigenvalue weighted by atomic mass is 15.3. The number of aryl methyl sites for hydroxylation is 2. The Bertz CT molecular complexity index is 458. The third kappa shape index (κ3) is 4.06. The van der Waals surface area contributed by atoms with E-state index in [9.17, 15) is 0 Å². The highest BCUT2D eigenvalue weighted by Gasteiger charge is 2.31. The summed E-state index contributed by atoms with van der Waals surface area (Å²) in [5.41, 5.74) is 4.21. The van der Waals surface area contributed by atoms with Crippen molar-refractivity contribution in [2.24, 2.45) is 0 Å². The Balaban J connectivity index is 2.28. The normalized spacial score (nSPS) is 22.4. The second kappa shape index (κ2) is 7.39. The van der Waals surface area contributed by atoms with Gasteiger partial charge in [-0.1, -0.05) is 30.7 Å². The zero-order valence-corrected chi connectivity index (χ0v) is 14.3. The van der Waals surface area contributed by atoms with E-state index in [0.717, 1.165) is 19.6 Å². The summed E-state index contributed by atoms with van der Waals surface area (Å²) in [6.07, 6.45) is 1.17. The Morgan fingerprint density at radius 1 is 1.24 bits per heavy atom. The van der Waals surface area contributed by atoms with Gasteiger partial charge in [0.2, 0.25) is 0 Å². The average Bonchev–Trinajstić information content (AvgIpc) is 2.44. The third-order valence-electron chi connectivity index (χ3n) is 4.66. The van der Waals surface area contributed by atoms with Crippen molar-refractivity contribution in [2.45, 2.75) is 39.3 Å². The van der Waals surface area contributed by atoms with Crippen LogP contribution in [0.25, 0.3) is 0 Å². The van der Waals surface area contributed by atoms with Crippen LogP contribution in [-0.2, 0) is 0 Å². The van der Waals surface area contributed by atoms with Gasteiger partial charge in [-0.3, -0.25) is 4.90 Å². The van der Waals surface area contributed by atoms with Crippen molar-refractivity contribution in [3.63, 3.8) is 0 Å². The second-order valence-electron chi connectivity index (χ2n) is 6.60. The van der Waals surface area contributed by atoms with Gasteiger partial charge in [0.15, 0.2) is 0 Å². The Hall–Kier alpha value is -0.900. The maximum Gasteiger partial charge on any atom is 0.0493 e. The van der Waals surface area contributed by atoms with Crippen LogP contribution in [-0.4, -0.2) is 56.1 Å². The van der Waals surface area contributed by atoms with Gasteiger partial charge in [0.1, 0.15) is 0 Å². The van der Waals surface area contributed by atoms with Gasteiger partial charge in [-0.25, -0.2) is 0 Å². The molecule has 3 nitrogen and oxygen atoms in total. The molecular formula is C18H31N3. The molecule has 2 unspecified atom stereocenters. The zero-order valence-electron chi connectivity index (χ0n) is 14.3. The Labute approximate surface area is 130 Å². The van der Waals surface area contributed by atoms with Crippen LogP contribution in [0.4, 0.5) is 0 Å². The van der Waals surface area contributed by atoms with E-state index in [1.165, 1.54) is 29.7 Å². The molecule has 1 aromatic rings. The molecule has 118 valence electrons. The third-order valence-corrected chi connectivity index (χ3v) is 4.66. The molecule has 1 fully saturated rings. The fourth-order valence-corrected chi connectivity index (χ4v) is 3.33. The molecule has 1 aliphatic heterocycles. The van der Waals surface area contributed by atoms with Crippen molar-refractivity contribution in [1.29, 1.82) is 0 Å². The minimum absolute atomic E-state index is 0.415. The predicted molar refractivity (Wildman–Crippen MR) is 90.9 cm³/mol. The Morgan fingerprint density at radius 3 is 2.67 bits per heavy atom. The van der Waals surface area contributed by atoms with Crippen LogP contribution in [0.3, 0.4) is 0 Å². The number of hydrogen-bond acceptors (Lipinski definition) is 3. The lowest BCUT2D eigenvalue weighted by Crippen LogP contribution is -2.55. The molecule has 2 atom stereocenters. The summed E-state index contributed by atoms with van der Waals surface area (Å²) in [6.45, 7) is 11.2. The number of piperazine rings is 1. The minimum atomic E-state index is 0.415. The van der Waals surface area contributed by atoms with Gasteiger partial charge in [0.25, 0.3) is 0 Å². The maximum absolute atomic E-state index is 3.80. The topological polar surface area (TPSA) is 18.5 Å². The van der Waals surface area contributed by atoms with Crippen molar-refractivity contribution in [1.82, 2.24) is 15.1 Å². The summed E-state index contributed by atoms with van der Waals surface area (Å²) >= 11 is 0. The standard InChI is InChI=1S/C18H31N3/c1-6-9-19-18(16-8-7-14(2)12-15(16)3)17-13-20(4)10-11-21(17)5/h7-8,12,17-19H,6,9-11,13H2,1-5H3. The van der Waals surface area contributed by atoms with E-state index in [1.807, 2.05) is 0 Å². The molecule has 3 heteroatoms. The maximum atomic E-state index is 3.80. The summed E-state index contributed by atoms with van der Waals surface area (Å²) in [5.74, 6) is 0. The summed E-state index contributed by atoms with van der Waals surface area (Å²) in [4.78, 5) is 4.97. The fraction of sp³-hybridized carbons (Fsp3) is 0.667. The lowest BCUT2D eigenvalue weighted by molar-refractivity contribution is 0.0874. The van der Waals surface area contributed by atoms with Gasteiger partial charge in [0, 0.05) is 31.7 Å². The van der Waals surface area contributed by atoms with Crippen molar-refractivity contribution in [3.8, 4) is 0 Å². The average molecular weight is 289 g/mol. The summed E-state index contributed by atoms with van der Waals surface area (Å²) in [5, 5.41) is 3.80. The van der Waals surface area contributed by atoms with Crippen molar-refractivity contribution in [2.75, 3.05) is 40.3 Å². The fourth-order valence-electron chi connectivity index (χ4n) is 3.33. The van der Waals surface area contributed by atoms with Gasteiger partial charge in [-0.05, 0) is 52.0 Å². The van der Waals surface area contributed by atoms with Crippen LogP contribution in [0.2, 0.25) is 0 Å². The van der Waals surface area contributed by atoms with Crippen LogP contribution >= 0.6 is 0 Å². The first-order valence-electron chi connectivity index (χ1n) is 8.22. The number of likely N-dealkylation sites (N-methyl/N-ethyl adjacent to an activating group) is 2. The van der Waals surface area contributed by atoms with E-state index in [1.54, 1.807) is 0 Å². The van der Waals surface area contributed by atoms with E-state index < -0.39 is 0 Å². The second-order valence-corrected chi connectivity index (χ2v) is 6.60. The largest absolute Gasteiger partial charge is 0.309 e. The first-order chi connectivity index (χ1) is 10.0. The molecule has 0 aliphatic carbocycles. The summed E-state index contributed by atoms with van der Waals surface area (Å²) in [6, 6.07) is 7.83. The van der Waals surface area contributed by atoms with Crippen LogP contribution < -0.4 is 5.32 Å². The molecule has 0 aromatic heterocycles. The van der Waals surface area contributed by atoms with Crippen molar-refractivity contribution < 1.29 is 0 Å². The molecule has 0 radical (unpaired) electrons. The molecule has 21 heavy (non-hydrogen) atoms. The van der Waals surface area contributed by atoms with Gasteiger partial charge in [-0.15, -0.1) is 0 Å². The minimum Gasteiger partial charge on any atom is -0.309 e.